The van der Waals surface area contributed by atoms with Crippen LogP contribution < -0.4 is 15.5 Å². The largest absolute Gasteiger partial charge is 0.341 e. The summed E-state index contributed by atoms with van der Waals surface area (Å²) >= 11 is 0. The number of hydrogen-bond donors (Lipinski definition) is 2. The molecule has 2 N–H and O–H groups in total. The van der Waals surface area contributed by atoms with Crippen molar-refractivity contribution < 1.29 is 9.59 Å². The molecular formula is C24H23N3O2. The van der Waals surface area contributed by atoms with Crippen molar-refractivity contribution in [3.63, 3.8) is 0 Å². The third-order valence-electron chi connectivity index (χ3n) is 5.18. The number of carbonyl (C=O) groups excluding carboxylic acids is 2. The van der Waals surface area contributed by atoms with Crippen LogP contribution in [0.3, 0.4) is 0 Å². The van der Waals surface area contributed by atoms with Crippen molar-refractivity contribution in [2.75, 3.05) is 23.8 Å². The van der Waals surface area contributed by atoms with Gasteiger partial charge in [-0.1, -0.05) is 48.5 Å². The molecule has 0 saturated carbocycles. The van der Waals surface area contributed by atoms with Gasteiger partial charge in [0.05, 0.1) is 5.69 Å². The second-order valence-corrected chi connectivity index (χ2v) is 7.05. The highest BCUT2D eigenvalue weighted by atomic mass is 16.2. The maximum Gasteiger partial charge on any atom is 0.321 e. The van der Waals surface area contributed by atoms with Crippen molar-refractivity contribution in [2.24, 2.45) is 0 Å². The number of hydrogen-bond acceptors (Lipinski definition) is 2. The molecule has 0 bridgehead atoms. The highest BCUT2D eigenvalue weighted by molar-refractivity contribution is 6.05. The van der Waals surface area contributed by atoms with Crippen molar-refractivity contribution >= 4 is 23.3 Å². The van der Waals surface area contributed by atoms with Crippen LogP contribution in [0.25, 0.3) is 11.1 Å². The molecule has 0 aromatic heterocycles. The van der Waals surface area contributed by atoms with Crippen LogP contribution in [0.4, 0.5) is 16.2 Å². The van der Waals surface area contributed by atoms with E-state index in [1.165, 1.54) is 0 Å². The van der Waals surface area contributed by atoms with E-state index in [1.54, 1.807) is 11.9 Å². The maximum atomic E-state index is 12.7. The summed E-state index contributed by atoms with van der Waals surface area (Å²) < 4.78 is 0. The first-order chi connectivity index (χ1) is 14.2. The normalized spacial score (nSPS) is 12.8. The van der Waals surface area contributed by atoms with Crippen LogP contribution in [0.15, 0.2) is 72.8 Å². The molecule has 0 radical (unpaired) electrons. The van der Waals surface area contributed by atoms with Crippen molar-refractivity contribution in [2.45, 2.75) is 12.8 Å². The minimum atomic E-state index is -0.174. The van der Waals surface area contributed by atoms with Gasteiger partial charge in [-0.15, -0.1) is 0 Å². The molecule has 3 amide bonds. The molecule has 3 aromatic rings. The smallest absolute Gasteiger partial charge is 0.321 e. The van der Waals surface area contributed by atoms with Gasteiger partial charge in [0.1, 0.15) is 0 Å². The van der Waals surface area contributed by atoms with Gasteiger partial charge in [0.15, 0.2) is 0 Å². The Morgan fingerprint density at radius 2 is 1.62 bits per heavy atom. The zero-order valence-electron chi connectivity index (χ0n) is 16.3. The fourth-order valence-electron chi connectivity index (χ4n) is 3.65. The molecule has 0 unspecified atom stereocenters. The third kappa shape index (κ3) is 3.99. The monoisotopic (exact) mass is 385 g/mol. The second-order valence-electron chi connectivity index (χ2n) is 7.05. The molecule has 0 spiro atoms. The Morgan fingerprint density at radius 1 is 0.897 bits per heavy atom. The molecule has 0 fully saturated rings. The van der Waals surface area contributed by atoms with Gasteiger partial charge in [-0.2, -0.15) is 0 Å². The van der Waals surface area contributed by atoms with Gasteiger partial charge in [0.25, 0.3) is 5.91 Å². The van der Waals surface area contributed by atoms with Gasteiger partial charge in [0, 0.05) is 24.8 Å². The topological polar surface area (TPSA) is 61.4 Å². The number of nitrogens with one attached hydrogen (secondary N) is 2. The minimum Gasteiger partial charge on any atom is -0.341 e. The Labute approximate surface area is 170 Å². The molecule has 1 aliphatic heterocycles. The first kappa shape index (κ1) is 18.7. The predicted octanol–water partition coefficient (Wildman–Crippen LogP) is 4.70. The number of fused-ring (bicyclic) bond motifs is 1. The first-order valence-corrected chi connectivity index (χ1v) is 9.75. The number of anilines is 2. The van der Waals surface area contributed by atoms with E-state index in [1.807, 2.05) is 72.8 Å². The Balaban J connectivity index is 1.52. The van der Waals surface area contributed by atoms with Crippen LogP contribution in [0.2, 0.25) is 0 Å². The molecule has 4 rings (SSSR count). The molecule has 3 aromatic carbocycles. The Kier molecular flexibility index (Phi) is 5.29. The highest BCUT2D eigenvalue weighted by Gasteiger charge is 2.22. The summed E-state index contributed by atoms with van der Waals surface area (Å²) in [4.78, 5) is 26.6. The summed E-state index contributed by atoms with van der Waals surface area (Å²) in [7, 11) is 1.63. The number of benzene rings is 3. The van der Waals surface area contributed by atoms with Gasteiger partial charge in [-0.25, -0.2) is 4.79 Å². The van der Waals surface area contributed by atoms with E-state index in [2.05, 4.69) is 10.6 Å². The molecule has 29 heavy (non-hydrogen) atoms. The Morgan fingerprint density at radius 3 is 2.34 bits per heavy atom. The SMILES string of the molecule is CNC(=O)N1CCCc2ccc(NC(=O)c3ccc(-c4ccccc4)cc3)cc21. The zero-order valence-corrected chi connectivity index (χ0v) is 16.3. The molecule has 0 atom stereocenters. The van der Waals surface area contributed by atoms with E-state index in [0.29, 0.717) is 17.8 Å². The molecule has 5 nitrogen and oxygen atoms in total. The zero-order chi connectivity index (χ0) is 20.2. The Bertz CT molecular complexity index is 1030. The van der Waals surface area contributed by atoms with Crippen molar-refractivity contribution in [1.29, 1.82) is 0 Å². The van der Waals surface area contributed by atoms with Crippen molar-refractivity contribution in [1.82, 2.24) is 5.32 Å². The fraction of sp³-hybridized carbons (Fsp3) is 0.167. The van der Waals surface area contributed by atoms with Gasteiger partial charge in [0.2, 0.25) is 0 Å². The fourth-order valence-corrected chi connectivity index (χ4v) is 3.65. The standard InChI is InChI=1S/C24H23N3O2/c1-25-24(29)27-15-5-8-19-13-14-21(16-22(19)27)26-23(28)20-11-9-18(10-12-20)17-6-3-2-4-7-17/h2-4,6-7,9-14,16H,5,8,15H2,1H3,(H,25,29)(H,26,28). The number of nitrogens with zero attached hydrogens (tertiary/aromatic N) is 1. The summed E-state index contributed by atoms with van der Waals surface area (Å²) in [5.74, 6) is -0.174. The van der Waals surface area contributed by atoms with Crippen molar-refractivity contribution in [3.05, 3.63) is 83.9 Å². The molecule has 1 heterocycles. The molecule has 5 heteroatoms. The second kappa shape index (κ2) is 8.19. The quantitative estimate of drug-likeness (QED) is 0.687. The van der Waals surface area contributed by atoms with Crippen LogP contribution in [0.5, 0.6) is 0 Å². The summed E-state index contributed by atoms with van der Waals surface area (Å²) in [5.41, 5.74) is 5.42. The molecule has 0 aliphatic carbocycles. The first-order valence-electron chi connectivity index (χ1n) is 9.75. The third-order valence-corrected chi connectivity index (χ3v) is 5.18. The summed E-state index contributed by atoms with van der Waals surface area (Å²) in [6, 6.07) is 23.2. The van der Waals surface area contributed by atoms with E-state index >= 15 is 0 Å². The molecule has 1 aliphatic rings. The number of amides is 3. The lowest BCUT2D eigenvalue weighted by Gasteiger charge is -2.29. The Hall–Kier alpha value is -3.60. The minimum absolute atomic E-state index is 0.133. The van der Waals surface area contributed by atoms with Gasteiger partial charge >= 0.3 is 6.03 Å². The van der Waals surface area contributed by atoms with E-state index in [0.717, 1.165) is 35.2 Å². The number of urea groups is 1. The number of carbonyl (C=O) groups is 2. The maximum absolute atomic E-state index is 12.7. The van der Waals surface area contributed by atoms with Gasteiger partial charge < -0.3 is 10.6 Å². The van der Waals surface area contributed by atoms with E-state index in [4.69, 9.17) is 0 Å². The lowest BCUT2D eigenvalue weighted by Crippen LogP contribution is -2.41. The predicted molar refractivity (Wildman–Crippen MR) is 116 cm³/mol. The van der Waals surface area contributed by atoms with E-state index in [-0.39, 0.29) is 11.9 Å². The number of aryl methyl sites for hydroxylation is 1. The summed E-state index contributed by atoms with van der Waals surface area (Å²) in [6.07, 6.45) is 1.86. The van der Waals surface area contributed by atoms with E-state index < -0.39 is 0 Å². The highest BCUT2D eigenvalue weighted by Crippen LogP contribution is 2.30. The number of rotatable bonds is 3. The lowest BCUT2D eigenvalue weighted by atomic mass is 10.0. The molecule has 146 valence electrons. The lowest BCUT2D eigenvalue weighted by molar-refractivity contribution is 0.102. The van der Waals surface area contributed by atoms with Crippen LogP contribution in [-0.2, 0) is 6.42 Å². The van der Waals surface area contributed by atoms with Crippen LogP contribution >= 0.6 is 0 Å². The van der Waals surface area contributed by atoms with Gasteiger partial charge in [-0.05, 0) is 53.8 Å². The van der Waals surface area contributed by atoms with Crippen LogP contribution in [-0.4, -0.2) is 25.5 Å². The van der Waals surface area contributed by atoms with Crippen LogP contribution in [0.1, 0.15) is 22.3 Å². The average Bonchev–Trinajstić information content (AvgIpc) is 2.78. The summed E-state index contributed by atoms with van der Waals surface area (Å²) in [5, 5.41) is 5.63. The van der Waals surface area contributed by atoms with Gasteiger partial charge in [-0.3, -0.25) is 9.69 Å². The molecule has 0 saturated heterocycles. The van der Waals surface area contributed by atoms with E-state index in [9.17, 15) is 9.59 Å². The van der Waals surface area contributed by atoms with Crippen LogP contribution in [0, 0.1) is 0 Å². The molecular weight excluding hydrogens is 362 g/mol. The summed E-state index contributed by atoms with van der Waals surface area (Å²) in [6.45, 7) is 0.672. The van der Waals surface area contributed by atoms with Crippen molar-refractivity contribution in [3.8, 4) is 11.1 Å². The average molecular weight is 385 g/mol.